The van der Waals surface area contributed by atoms with Crippen LogP contribution in [0.2, 0.25) is 0 Å². The van der Waals surface area contributed by atoms with Gasteiger partial charge in [-0.25, -0.2) is 14.5 Å². The van der Waals surface area contributed by atoms with Crippen molar-refractivity contribution in [2.45, 2.75) is 13.1 Å². The Bertz CT molecular complexity index is 2080. The number of carbonyl (C=O) groups is 1. The fourth-order valence-electron chi connectivity index (χ4n) is 6.21. The van der Waals surface area contributed by atoms with Gasteiger partial charge in [-0.1, -0.05) is 54.6 Å². The Morgan fingerprint density at radius 2 is 1.47 bits per heavy atom. The van der Waals surface area contributed by atoms with E-state index in [2.05, 4.69) is 22.1 Å². The van der Waals surface area contributed by atoms with Gasteiger partial charge in [-0.15, -0.1) is 0 Å². The molecule has 1 amide bonds. The molecule has 0 saturated carbocycles. The average molecular weight is 656 g/mol. The van der Waals surface area contributed by atoms with Crippen LogP contribution in [0.25, 0.3) is 34.3 Å². The van der Waals surface area contributed by atoms with Crippen molar-refractivity contribution in [2.75, 3.05) is 45.3 Å². The van der Waals surface area contributed by atoms with Crippen LogP contribution in [0, 0.1) is 0 Å². The smallest absolute Gasteiger partial charge is 0.407 e. The number of anilines is 1. The fraction of sp³-hybridized carbons (Fsp3) is 0.211. The van der Waals surface area contributed by atoms with Crippen LogP contribution in [0.4, 0.5) is 10.5 Å². The molecule has 1 aliphatic rings. The van der Waals surface area contributed by atoms with Gasteiger partial charge in [0.05, 0.1) is 50.3 Å². The molecular formula is C38H37N7O4. The molecule has 4 heterocycles. The van der Waals surface area contributed by atoms with E-state index in [4.69, 9.17) is 19.6 Å². The predicted octanol–water partition coefficient (Wildman–Crippen LogP) is 6.38. The van der Waals surface area contributed by atoms with E-state index in [9.17, 15) is 9.90 Å². The summed E-state index contributed by atoms with van der Waals surface area (Å²) in [6, 6.07) is 26.1. The largest absolute Gasteiger partial charge is 0.497 e. The van der Waals surface area contributed by atoms with Gasteiger partial charge >= 0.3 is 6.09 Å². The number of pyridine rings is 1. The summed E-state index contributed by atoms with van der Waals surface area (Å²) in [5, 5.41) is 20.3. The summed E-state index contributed by atoms with van der Waals surface area (Å²) in [5.74, 6) is 1.61. The molecule has 0 spiro atoms. The van der Waals surface area contributed by atoms with Gasteiger partial charge in [-0.05, 0) is 53.1 Å². The van der Waals surface area contributed by atoms with Crippen LogP contribution >= 0.6 is 0 Å². The monoisotopic (exact) mass is 655 g/mol. The molecule has 11 nitrogen and oxygen atoms in total. The first-order chi connectivity index (χ1) is 24.0. The van der Waals surface area contributed by atoms with Crippen molar-refractivity contribution in [3.05, 3.63) is 120 Å². The van der Waals surface area contributed by atoms with Crippen molar-refractivity contribution in [1.82, 2.24) is 29.4 Å². The van der Waals surface area contributed by atoms with Crippen LogP contribution in [0.5, 0.6) is 11.5 Å². The molecule has 1 saturated heterocycles. The number of hydrogen-bond acceptors (Lipinski definition) is 7. The van der Waals surface area contributed by atoms with Gasteiger partial charge in [0.2, 0.25) is 0 Å². The Morgan fingerprint density at radius 1 is 0.816 bits per heavy atom. The second-order valence-electron chi connectivity index (χ2n) is 11.9. The maximum absolute atomic E-state index is 11.8. The molecule has 1 N–H and O–H groups in total. The number of benzene rings is 3. The second kappa shape index (κ2) is 13.9. The standard InChI is InChI=1S/C38H37N7O4/c1-48-31-13-8-27(9-14-31)24-44-25-29(22-40-44)12-17-34-35-36(42-18-20-43(21-19-42)38(46)47)33(30-6-4-3-5-7-30)23-39-37(35)45(41-34)26-28-10-15-32(49-2)16-11-28/h3-17,22-23,25H,18-21,24,26H2,1-2H3,(H,46,47)/b17-12+. The zero-order valence-corrected chi connectivity index (χ0v) is 27.4. The minimum atomic E-state index is -0.897. The molecule has 0 unspecified atom stereocenters. The van der Waals surface area contributed by atoms with Crippen LogP contribution in [0.1, 0.15) is 22.4 Å². The molecule has 0 atom stereocenters. The second-order valence-corrected chi connectivity index (χ2v) is 11.9. The number of rotatable bonds is 10. The third-order valence-electron chi connectivity index (χ3n) is 8.79. The van der Waals surface area contributed by atoms with Crippen LogP contribution in [-0.4, -0.2) is 81.0 Å². The van der Waals surface area contributed by atoms with Gasteiger partial charge in [0.25, 0.3) is 0 Å². The van der Waals surface area contributed by atoms with E-state index in [-0.39, 0.29) is 0 Å². The number of amides is 1. The third kappa shape index (κ3) is 6.82. The van der Waals surface area contributed by atoms with Crippen molar-refractivity contribution < 1.29 is 19.4 Å². The number of fused-ring (bicyclic) bond motifs is 1. The molecule has 3 aromatic heterocycles. The molecule has 3 aromatic carbocycles. The lowest BCUT2D eigenvalue weighted by Gasteiger charge is -2.36. The molecule has 11 heteroatoms. The highest BCUT2D eigenvalue weighted by molar-refractivity contribution is 6.03. The lowest BCUT2D eigenvalue weighted by atomic mass is 10.0. The number of ether oxygens (including phenoxy) is 2. The Kier molecular flexibility index (Phi) is 8.96. The topological polar surface area (TPSA) is 111 Å². The van der Waals surface area contributed by atoms with Gasteiger partial charge in [0, 0.05) is 49.7 Å². The summed E-state index contributed by atoms with van der Waals surface area (Å²) in [7, 11) is 3.32. The molecule has 1 fully saturated rings. The summed E-state index contributed by atoms with van der Waals surface area (Å²) in [6.45, 7) is 3.07. The van der Waals surface area contributed by atoms with Gasteiger partial charge in [-0.3, -0.25) is 4.68 Å². The molecule has 7 rings (SSSR count). The maximum Gasteiger partial charge on any atom is 0.407 e. The molecule has 0 bridgehead atoms. The highest BCUT2D eigenvalue weighted by atomic mass is 16.5. The van der Waals surface area contributed by atoms with Gasteiger partial charge in [0.1, 0.15) is 11.5 Å². The van der Waals surface area contributed by atoms with E-state index in [1.807, 2.05) is 107 Å². The molecule has 6 aromatic rings. The van der Waals surface area contributed by atoms with E-state index in [1.54, 1.807) is 14.2 Å². The Morgan fingerprint density at radius 3 is 2.10 bits per heavy atom. The Hall–Kier alpha value is -6.10. The predicted molar refractivity (Wildman–Crippen MR) is 190 cm³/mol. The summed E-state index contributed by atoms with van der Waals surface area (Å²) >= 11 is 0. The molecule has 1 aliphatic heterocycles. The minimum Gasteiger partial charge on any atom is -0.497 e. The molecule has 0 aliphatic carbocycles. The van der Waals surface area contributed by atoms with Crippen molar-refractivity contribution >= 4 is 35.0 Å². The Balaban J connectivity index is 1.30. The van der Waals surface area contributed by atoms with Gasteiger partial charge < -0.3 is 24.4 Å². The highest BCUT2D eigenvalue weighted by Crippen LogP contribution is 2.39. The van der Waals surface area contributed by atoms with Gasteiger partial charge in [0.15, 0.2) is 5.65 Å². The fourth-order valence-corrected chi connectivity index (χ4v) is 6.21. The molecule has 0 radical (unpaired) electrons. The summed E-state index contributed by atoms with van der Waals surface area (Å²) in [6.07, 6.45) is 8.92. The summed E-state index contributed by atoms with van der Waals surface area (Å²) in [5.41, 5.74) is 7.65. The average Bonchev–Trinajstić information content (AvgIpc) is 3.75. The van der Waals surface area contributed by atoms with Crippen molar-refractivity contribution in [2.24, 2.45) is 0 Å². The number of piperazine rings is 1. The first-order valence-electron chi connectivity index (χ1n) is 16.1. The molecule has 248 valence electrons. The normalized spacial score (nSPS) is 13.3. The first kappa shape index (κ1) is 31.5. The van der Waals surface area contributed by atoms with E-state index >= 15 is 0 Å². The van der Waals surface area contributed by atoms with Gasteiger partial charge in [-0.2, -0.15) is 10.2 Å². The number of aromatic nitrogens is 5. The van der Waals surface area contributed by atoms with Crippen molar-refractivity contribution in [1.29, 1.82) is 0 Å². The number of carboxylic acid groups (broad SMARTS) is 1. The lowest BCUT2D eigenvalue weighted by molar-refractivity contribution is 0.142. The van der Waals surface area contributed by atoms with E-state index in [1.165, 1.54) is 4.90 Å². The van der Waals surface area contributed by atoms with Crippen molar-refractivity contribution in [3.63, 3.8) is 0 Å². The summed E-state index contributed by atoms with van der Waals surface area (Å²) in [4.78, 5) is 20.5. The zero-order chi connectivity index (χ0) is 33.7. The molecule has 49 heavy (non-hydrogen) atoms. The number of methoxy groups -OCH3 is 2. The lowest BCUT2D eigenvalue weighted by Crippen LogP contribution is -2.48. The number of nitrogens with zero attached hydrogens (tertiary/aromatic N) is 7. The van der Waals surface area contributed by atoms with Crippen LogP contribution in [-0.2, 0) is 13.1 Å². The van der Waals surface area contributed by atoms with E-state index in [0.29, 0.717) is 39.3 Å². The van der Waals surface area contributed by atoms with E-state index < -0.39 is 6.09 Å². The van der Waals surface area contributed by atoms with E-state index in [0.717, 1.165) is 61.7 Å². The SMILES string of the molecule is COc1ccc(Cn2cc(/C=C/c3nn(Cc4ccc(OC)cc4)c4ncc(-c5ccccc5)c(N5CCN(C(=O)O)CC5)c34)cn2)cc1. The third-order valence-corrected chi connectivity index (χ3v) is 8.79. The first-order valence-corrected chi connectivity index (χ1v) is 16.1. The highest BCUT2D eigenvalue weighted by Gasteiger charge is 2.27. The maximum atomic E-state index is 11.8. The zero-order valence-electron chi connectivity index (χ0n) is 27.4. The van der Waals surface area contributed by atoms with Crippen LogP contribution < -0.4 is 14.4 Å². The Labute approximate surface area is 284 Å². The minimum absolute atomic E-state index is 0.409. The summed E-state index contributed by atoms with van der Waals surface area (Å²) < 4.78 is 14.5. The van der Waals surface area contributed by atoms with Crippen LogP contribution in [0.15, 0.2) is 97.5 Å². The number of hydrogen-bond donors (Lipinski definition) is 1. The molecular weight excluding hydrogens is 618 g/mol. The van der Waals surface area contributed by atoms with Crippen molar-refractivity contribution in [3.8, 4) is 22.6 Å². The van der Waals surface area contributed by atoms with Crippen LogP contribution in [0.3, 0.4) is 0 Å². The quantitative estimate of drug-likeness (QED) is 0.181.